The Balaban J connectivity index is 1.52. The molecule has 1 fully saturated rings. The third-order valence-corrected chi connectivity index (χ3v) is 4.46. The van der Waals surface area contributed by atoms with Crippen molar-refractivity contribution in [3.8, 4) is 5.88 Å². The number of nitrogens with zero attached hydrogens (tertiary/aromatic N) is 2. The molecule has 1 heterocycles. The fourth-order valence-corrected chi connectivity index (χ4v) is 2.58. The Bertz CT molecular complexity index is 930. The number of amidine groups is 1. The molecule has 0 unspecified atom stereocenters. The molecular weight excluding hydrogens is 395 g/mol. The van der Waals surface area contributed by atoms with Gasteiger partial charge in [0.05, 0.1) is 11.6 Å². The molecule has 0 saturated heterocycles. The minimum Gasteiger partial charge on any atom is -0.472 e. The van der Waals surface area contributed by atoms with E-state index in [0.29, 0.717) is 18.5 Å². The molecule has 10 nitrogen and oxygen atoms in total. The van der Waals surface area contributed by atoms with Gasteiger partial charge in [-0.1, -0.05) is 11.6 Å². The standard InChI is InChI=1S/C16H16ClFN6O4/c17-9-7-8(1-2-10(9)18)22-12(19)11-13(24-28-23-11)27-6-5-21-15(26)16(3-4-16)14(20)25/h1-2,7H,3-6H2,(H2,19,22)(H2,20,25)(H,21,26). The highest BCUT2D eigenvalue weighted by Gasteiger charge is 2.55. The van der Waals surface area contributed by atoms with Crippen LogP contribution >= 0.6 is 11.6 Å². The van der Waals surface area contributed by atoms with E-state index in [-0.39, 0.29) is 35.6 Å². The first-order valence-electron chi connectivity index (χ1n) is 8.18. The lowest BCUT2D eigenvalue weighted by Crippen LogP contribution is -2.41. The van der Waals surface area contributed by atoms with Crippen molar-refractivity contribution in [2.75, 3.05) is 18.5 Å². The third-order valence-electron chi connectivity index (χ3n) is 4.17. The molecule has 0 atom stereocenters. The zero-order chi connectivity index (χ0) is 20.3. The molecular formula is C16H16ClFN6O4. The summed E-state index contributed by atoms with van der Waals surface area (Å²) in [6.07, 6.45) is 0.866. The molecule has 1 saturated carbocycles. The van der Waals surface area contributed by atoms with Crippen molar-refractivity contribution in [3.05, 3.63) is 34.7 Å². The summed E-state index contributed by atoms with van der Waals surface area (Å²) in [5.41, 5.74) is 4.45. The van der Waals surface area contributed by atoms with Gasteiger partial charge in [0.1, 0.15) is 17.8 Å². The number of benzene rings is 1. The van der Waals surface area contributed by atoms with E-state index in [1.54, 1.807) is 0 Å². The monoisotopic (exact) mass is 410 g/mol. The maximum absolute atomic E-state index is 13.2. The summed E-state index contributed by atoms with van der Waals surface area (Å²) >= 11 is 5.70. The number of primary amides is 1. The average Bonchev–Trinajstić information content (AvgIpc) is 3.34. The maximum Gasteiger partial charge on any atom is 0.287 e. The summed E-state index contributed by atoms with van der Waals surface area (Å²) in [5, 5.41) is 20.3. The molecule has 0 radical (unpaired) electrons. The number of carbonyl (C=O) groups excluding carboxylic acids is 2. The predicted octanol–water partition coefficient (Wildman–Crippen LogP) is 1.06. The van der Waals surface area contributed by atoms with Crippen molar-refractivity contribution in [2.24, 2.45) is 11.1 Å². The average molecular weight is 411 g/mol. The second-order valence-corrected chi connectivity index (χ2v) is 6.50. The summed E-state index contributed by atoms with van der Waals surface area (Å²) in [6, 6.07) is 3.85. The van der Waals surface area contributed by atoms with Gasteiger partial charge in [-0.3, -0.25) is 15.0 Å². The Hall–Kier alpha value is -3.21. The lowest BCUT2D eigenvalue weighted by Gasteiger charge is -2.11. The van der Waals surface area contributed by atoms with Crippen molar-refractivity contribution in [2.45, 2.75) is 12.8 Å². The van der Waals surface area contributed by atoms with Gasteiger partial charge in [0, 0.05) is 5.69 Å². The van der Waals surface area contributed by atoms with Crippen LogP contribution in [0.1, 0.15) is 18.5 Å². The van der Waals surface area contributed by atoms with Crippen LogP contribution in [0.4, 0.5) is 10.1 Å². The van der Waals surface area contributed by atoms with Gasteiger partial charge < -0.3 is 21.1 Å². The lowest BCUT2D eigenvalue weighted by atomic mass is 10.1. The largest absolute Gasteiger partial charge is 0.472 e. The molecule has 0 spiro atoms. The highest BCUT2D eigenvalue weighted by Crippen LogP contribution is 2.45. The van der Waals surface area contributed by atoms with E-state index in [4.69, 9.17) is 27.5 Å². The van der Waals surface area contributed by atoms with Crippen molar-refractivity contribution in [3.63, 3.8) is 0 Å². The highest BCUT2D eigenvalue weighted by molar-refractivity contribution is 6.31. The number of hydrogen-bond acceptors (Lipinski definition) is 7. The third kappa shape index (κ3) is 4.03. The minimum atomic E-state index is -1.11. The zero-order valence-electron chi connectivity index (χ0n) is 14.4. The van der Waals surface area contributed by atoms with E-state index in [9.17, 15) is 14.0 Å². The molecule has 1 aliphatic carbocycles. The van der Waals surface area contributed by atoms with Gasteiger partial charge in [-0.2, -0.15) is 0 Å². The van der Waals surface area contributed by atoms with Crippen LogP contribution in [0.5, 0.6) is 5.88 Å². The molecule has 148 valence electrons. The van der Waals surface area contributed by atoms with E-state index in [1.807, 2.05) is 0 Å². The summed E-state index contributed by atoms with van der Waals surface area (Å²) < 4.78 is 23.1. The number of anilines is 1. The summed E-state index contributed by atoms with van der Waals surface area (Å²) in [7, 11) is 0. The van der Waals surface area contributed by atoms with Crippen molar-refractivity contribution >= 4 is 34.9 Å². The van der Waals surface area contributed by atoms with Crippen LogP contribution in [-0.2, 0) is 9.59 Å². The highest BCUT2D eigenvalue weighted by atomic mass is 35.5. The summed E-state index contributed by atoms with van der Waals surface area (Å²) in [5.74, 6) is -1.96. The number of halogens is 2. The fraction of sp³-hybridized carbons (Fsp3) is 0.312. The van der Waals surface area contributed by atoms with Crippen molar-refractivity contribution < 1.29 is 23.3 Å². The van der Waals surface area contributed by atoms with Gasteiger partial charge in [0.15, 0.2) is 5.84 Å². The van der Waals surface area contributed by atoms with Crippen LogP contribution in [0.15, 0.2) is 22.8 Å². The van der Waals surface area contributed by atoms with E-state index in [0.717, 1.165) is 6.07 Å². The predicted molar refractivity (Wildman–Crippen MR) is 95.5 cm³/mol. The number of carbonyl (C=O) groups is 2. The van der Waals surface area contributed by atoms with Gasteiger partial charge in [-0.25, -0.2) is 9.02 Å². The fourth-order valence-electron chi connectivity index (χ4n) is 2.40. The summed E-state index contributed by atoms with van der Waals surface area (Å²) in [6.45, 7) is 0.0892. The van der Waals surface area contributed by atoms with Gasteiger partial charge in [0.25, 0.3) is 5.88 Å². The number of nitrogens with two attached hydrogens (primary N) is 1. The molecule has 0 bridgehead atoms. The SMILES string of the molecule is N=C(Nc1ccc(F)c(Cl)c1)c1nonc1OCCNC(=O)C1(C(N)=O)CC1. The van der Waals surface area contributed by atoms with Crippen LogP contribution < -0.4 is 21.1 Å². The van der Waals surface area contributed by atoms with Gasteiger partial charge in [-0.15, -0.1) is 0 Å². The topological polar surface area (TPSA) is 156 Å². The first-order valence-corrected chi connectivity index (χ1v) is 8.56. The van der Waals surface area contributed by atoms with Crippen LogP contribution in [0, 0.1) is 16.6 Å². The Morgan fingerprint density at radius 2 is 2.14 bits per heavy atom. The number of amides is 2. The molecule has 2 amide bonds. The minimum absolute atomic E-state index is 0.00253. The van der Waals surface area contributed by atoms with Gasteiger partial charge in [0.2, 0.25) is 17.5 Å². The van der Waals surface area contributed by atoms with Crippen LogP contribution in [0.2, 0.25) is 5.02 Å². The first kappa shape index (κ1) is 19.5. The van der Waals surface area contributed by atoms with Crippen LogP contribution in [0.3, 0.4) is 0 Å². The first-order chi connectivity index (χ1) is 13.3. The maximum atomic E-state index is 13.2. The molecule has 1 aromatic heterocycles. The quantitative estimate of drug-likeness (QED) is 0.219. The van der Waals surface area contributed by atoms with E-state index >= 15 is 0 Å². The number of aromatic nitrogens is 2. The number of hydrogen-bond donors (Lipinski definition) is 4. The van der Waals surface area contributed by atoms with Gasteiger partial charge in [-0.05, 0) is 41.4 Å². The Morgan fingerprint density at radius 3 is 2.79 bits per heavy atom. The molecule has 3 rings (SSSR count). The zero-order valence-corrected chi connectivity index (χ0v) is 15.2. The Kier molecular flexibility index (Phi) is 5.45. The Morgan fingerprint density at radius 1 is 1.39 bits per heavy atom. The second kappa shape index (κ2) is 7.80. The smallest absolute Gasteiger partial charge is 0.287 e. The second-order valence-electron chi connectivity index (χ2n) is 6.10. The van der Waals surface area contributed by atoms with Crippen molar-refractivity contribution in [1.82, 2.24) is 15.6 Å². The van der Waals surface area contributed by atoms with Crippen LogP contribution in [0.25, 0.3) is 0 Å². The molecule has 1 aromatic carbocycles. The molecule has 2 aromatic rings. The molecule has 5 N–H and O–H groups in total. The lowest BCUT2D eigenvalue weighted by molar-refractivity contribution is -0.135. The normalized spacial score (nSPS) is 14.2. The number of nitrogens with one attached hydrogen (secondary N) is 3. The molecule has 12 heteroatoms. The molecule has 28 heavy (non-hydrogen) atoms. The van der Waals surface area contributed by atoms with E-state index in [2.05, 4.69) is 25.6 Å². The summed E-state index contributed by atoms with van der Waals surface area (Å²) in [4.78, 5) is 23.3. The van der Waals surface area contributed by atoms with Crippen molar-refractivity contribution in [1.29, 1.82) is 5.41 Å². The van der Waals surface area contributed by atoms with Crippen LogP contribution in [-0.4, -0.2) is 41.1 Å². The molecule has 0 aliphatic heterocycles. The Labute approximate surface area is 163 Å². The van der Waals surface area contributed by atoms with Gasteiger partial charge >= 0.3 is 0 Å². The number of ether oxygens (including phenoxy) is 1. The van der Waals surface area contributed by atoms with E-state index in [1.165, 1.54) is 12.1 Å². The molecule has 1 aliphatic rings. The number of rotatable bonds is 8. The van der Waals surface area contributed by atoms with E-state index < -0.39 is 23.0 Å².